The number of rotatable bonds is 7. The first kappa shape index (κ1) is 23.5. The van der Waals surface area contributed by atoms with Gasteiger partial charge < -0.3 is 25.3 Å². The van der Waals surface area contributed by atoms with Crippen molar-refractivity contribution >= 4 is 29.7 Å². The highest BCUT2D eigenvalue weighted by Crippen LogP contribution is 2.22. The fraction of sp³-hybridized carbons (Fsp3) is 0.714. The molecule has 32 heavy (non-hydrogen) atoms. The van der Waals surface area contributed by atoms with Crippen LogP contribution < -0.4 is 15.5 Å². The topological polar surface area (TPSA) is 130 Å². The molecule has 0 radical (unpaired) electrons. The van der Waals surface area contributed by atoms with Crippen molar-refractivity contribution in [3.8, 4) is 6.07 Å². The zero-order chi connectivity index (χ0) is 23.3. The van der Waals surface area contributed by atoms with Gasteiger partial charge in [0.2, 0.25) is 29.7 Å². The maximum Gasteiger partial charge on any atom is 0.245 e. The quantitative estimate of drug-likeness (QED) is 0.635. The van der Waals surface area contributed by atoms with Crippen molar-refractivity contribution in [2.24, 2.45) is 0 Å². The number of hydrogen-bond donors (Lipinski definition) is 2. The first-order valence-electron chi connectivity index (χ1n) is 11.3. The van der Waals surface area contributed by atoms with E-state index < -0.39 is 6.04 Å². The van der Waals surface area contributed by atoms with E-state index in [0.717, 1.165) is 6.42 Å². The van der Waals surface area contributed by atoms with Crippen LogP contribution in [-0.4, -0.2) is 87.4 Å². The van der Waals surface area contributed by atoms with Gasteiger partial charge in [-0.2, -0.15) is 20.2 Å². The molecular formula is C21H33N9O2. The van der Waals surface area contributed by atoms with Gasteiger partial charge in [-0.1, -0.05) is 0 Å². The molecule has 11 nitrogen and oxygen atoms in total. The number of piperazine rings is 1. The van der Waals surface area contributed by atoms with E-state index in [-0.39, 0.29) is 30.3 Å². The van der Waals surface area contributed by atoms with Crippen LogP contribution in [0, 0.1) is 11.3 Å². The highest BCUT2D eigenvalue weighted by Gasteiger charge is 2.37. The van der Waals surface area contributed by atoms with Gasteiger partial charge in [0.05, 0.1) is 6.07 Å². The number of hydrogen-bond acceptors (Lipinski definition) is 9. The maximum atomic E-state index is 13.1. The van der Waals surface area contributed by atoms with Crippen molar-refractivity contribution in [1.82, 2.24) is 24.8 Å². The highest BCUT2D eigenvalue weighted by atomic mass is 16.2. The lowest BCUT2D eigenvalue weighted by Crippen LogP contribution is -2.54. The molecule has 2 aliphatic rings. The molecule has 0 spiro atoms. The molecule has 0 aromatic carbocycles. The minimum Gasteiger partial charge on any atom is -0.352 e. The molecule has 11 heteroatoms. The summed E-state index contributed by atoms with van der Waals surface area (Å²) in [5.74, 6) is 1.31. The van der Waals surface area contributed by atoms with Crippen molar-refractivity contribution in [2.45, 2.75) is 65.1 Å². The van der Waals surface area contributed by atoms with Crippen LogP contribution >= 0.6 is 0 Å². The van der Waals surface area contributed by atoms with Crippen LogP contribution in [-0.2, 0) is 9.59 Å². The Morgan fingerprint density at radius 3 is 2.12 bits per heavy atom. The van der Waals surface area contributed by atoms with E-state index in [9.17, 15) is 9.59 Å². The third-order valence-electron chi connectivity index (χ3n) is 5.42. The molecule has 1 aromatic heterocycles. The summed E-state index contributed by atoms with van der Waals surface area (Å²) in [7, 11) is 0. The first-order valence-corrected chi connectivity index (χ1v) is 11.3. The van der Waals surface area contributed by atoms with Gasteiger partial charge in [-0.05, 0) is 40.5 Å². The average molecular weight is 444 g/mol. The van der Waals surface area contributed by atoms with E-state index in [0.29, 0.717) is 57.0 Å². The Morgan fingerprint density at radius 2 is 1.59 bits per heavy atom. The number of nitrogens with zero attached hydrogens (tertiary/aromatic N) is 7. The molecule has 2 fully saturated rings. The predicted octanol–water partition coefficient (Wildman–Crippen LogP) is 1.07. The summed E-state index contributed by atoms with van der Waals surface area (Å²) < 4.78 is 0. The molecule has 1 unspecified atom stereocenters. The molecule has 0 bridgehead atoms. The number of nitriles is 1. The molecule has 3 heterocycles. The van der Waals surface area contributed by atoms with Crippen LogP contribution in [0.3, 0.4) is 0 Å². The Hall–Kier alpha value is -3.16. The van der Waals surface area contributed by atoms with Crippen molar-refractivity contribution < 1.29 is 9.59 Å². The minimum atomic E-state index is -0.455. The molecule has 2 aliphatic heterocycles. The Labute approximate surface area is 189 Å². The zero-order valence-corrected chi connectivity index (χ0v) is 19.3. The molecule has 174 valence electrons. The van der Waals surface area contributed by atoms with Crippen molar-refractivity contribution in [3.63, 3.8) is 0 Å². The van der Waals surface area contributed by atoms with Crippen LogP contribution in [0.25, 0.3) is 0 Å². The van der Waals surface area contributed by atoms with E-state index in [1.807, 2.05) is 33.8 Å². The third-order valence-corrected chi connectivity index (χ3v) is 5.42. The van der Waals surface area contributed by atoms with E-state index in [4.69, 9.17) is 5.26 Å². The van der Waals surface area contributed by atoms with Crippen LogP contribution in [0.5, 0.6) is 0 Å². The number of amides is 2. The van der Waals surface area contributed by atoms with Crippen molar-refractivity contribution in [1.29, 1.82) is 5.26 Å². The summed E-state index contributed by atoms with van der Waals surface area (Å²) in [4.78, 5) is 44.3. The van der Waals surface area contributed by atoms with Crippen LogP contribution in [0.2, 0.25) is 0 Å². The van der Waals surface area contributed by atoms with Gasteiger partial charge in [0.15, 0.2) is 0 Å². The summed E-state index contributed by atoms with van der Waals surface area (Å²) in [5.41, 5.74) is 0. The molecule has 2 saturated heterocycles. The van der Waals surface area contributed by atoms with E-state index in [1.54, 1.807) is 9.80 Å². The fourth-order valence-electron chi connectivity index (χ4n) is 3.98. The van der Waals surface area contributed by atoms with E-state index in [2.05, 4.69) is 30.5 Å². The highest BCUT2D eigenvalue weighted by molar-refractivity contribution is 5.89. The van der Waals surface area contributed by atoms with Gasteiger partial charge in [0.1, 0.15) is 12.5 Å². The Morgan fingerprint density at radius 1 is 1.00 bits per heavy atom. The Kier molecular flexibility index (Phi) is 7.66. The predicted molar refractivity (Wildman–Crippen MR) is 121 cm³/mol. The van der Waals surface area contributed by atoms with Crippen molar-refractivity contribution in [3.05, 3.63) is 0 Å². The summed E-state index contributed by atoms with van der Waals surface area (Å²) in [5, 5.41) is 15.3. The first-order chi connectivity index (χ1) is 15.3. The number of aromatic nitrogens is 3. The summed E-state index contributed by atoms with van der Waals surface area (Å²) >= 11 is 0. The van der Waals surface area contributed by atoms with Gasteiger partial charge in [0.25, 0.3) is 0 Å². The second-order valence-corrected chi connectivity index (χ2v) is 8.77. The summed E-state index contributed by atoms with van der Waals surface area (Å²) in [6.07, 6.45) is 1.25. The number of likely N-dealkylation sites (tertiary alicyclic amines) is 1. The summed E-state index contributed by atoms with van der Waals surface area (Å²) in [6, 6.07) is 1.80. The second-order valence-electron chi connectivity index (χ2n) is 8.77. The van der Waals surface area contributed by atoms with Crippen LogP contribution in [0.4, 0.5) is 17.8 Å². The van der Waals surface area contributed by atoms with E-state index in [1.165, 1.54) is 0 Å². The number of nitrogens with one attached hydrogen (secondary N) is 2. The third kappa shape index (κ3) is 5.75. The monoisotopic (exact) mass is 443 g/mol. The molecule has 1 aromatic rings. The average Bonchev–Trinajstić information content (AvgIpc) is 3.22. The number of carbonyl (C=O) groups excluding carboxylic acids is 2. The van der Waals surface area contributed by atoms with E-state index >= 15 is 0 Å². The van der Waals surface area contributed by atoms with Gasteiger partial charge in [-0.3, -0.25) is 9.59 Å². The van der Waals surface area contributed by atoms with Crippen LogP contribution in [0.1, 0.15) is 47.0 Å². The molecule has 2 N–H and O–H groups in total. The summed E-state index contributed by atoms with van der Waals surface area (Å²) in [6.45, 7) is 10.9. The molecular weight excluding hydrogens is 410 g/mol. The van der Waals surface area contributed by atoms with Gasteiger partial charge in [0, 0.05) is 44.8 Å². The molecule has 0 aliphatic carbocycles. The largest absolute Gasteiger partial charge is 0.352 e. The number of anilines is 3. The lowest BCUT2D eigenvalue weighted by atomic mass is 10.1. The molecule has 1 atom stereocenters. The number of carbonyl (C=O) groups is 2. The molecule has 3 rings (SSSR count). The zero-order valence-electron chi connectivity index (χ0n) is 19.3. The lowest BCUT2D eigenvalue weighted by Gasteiger charge is -2.37. The van der Waals surface area contributed by atoms with Crippen LogP contribution in [0.15, 0.2) is 0 Å². The second kappa shape index (κ2) is 10.4. The van der Waals surface area contributed by atoms with Gasteiger partial charge in [-0.15, -0.1) is 0 Å². The lowest BCUT2D eigenvalue weighted by molar-refractivity contribution is -0.143. The molecule has 2 amide bonds. The fourth-order valence-corrected chi connectivity index (χ4v) is 3.98. The minimum absolute atomic E-state index is 0.0339. The van der Waals surface area contributed by atoms with Gasteiger partial charge >= 0.3 is 0 Å². The molecule has 0 saturated carbocycles. The normalized spacial score (nSPS) is 18.8. The van der Waals surface area contributed by atoms with Gasteiger partial charge in [-0.25, -0.2) is 0 Å². The smallest absolute Gasteiger partial charge is 0.245 e. The maximum absolute atomic E-state index is 13.1. The SMILES string of the molecule is CC(C)Nc1nc(NC(C)C)nc(N2CCN(C(=O)C3CCCN3C(=O)CC#N)CC2)n1. The Balaban J connectivity index is 1.66. The van der Waals surface area contributed by atoms with Crippen molar-refractivity contribution in [2.75, 3.05) is 48.3 Å². The standard InChI is InChI=1S/C21H33N9O2/c1-14(2)23-19-25-20(24-15(3)4)27-21(26-19)29-12-10-28(11-13-29)18(32)16-6-5-9-30(16)17(31)7-8-22/h14-16H,5-7,9-13H2,1-4H3,(H2,23,24,25,26,27). The Bertz CT molecular complexity index is 831.